The number of nitrogen functional groups attached to an aromatic ring is 1. The Labute approximate surface area is 158 Å². The number of hydrazine groups is 1. The molecular formula is C19H26N8. The van der Waals surface area contributed by atoms with Crippen LogP contribution in [0.25, 0.3) is 22.7 Å². The second-order valence-electron chi connectivity index (χ2n) is 6.27. The molecule has 8 nitrogen and oxygen atoms in total. The summed E-state index contributed by atoms with van der Waals surface area (Å²) in [4.78, 5) is 8.69. The van der Waals surface area contributed by atoms with E-state index in [1.54, 1.807) is 12.3 Å². The van der Waals surface area contributed by atoms with Crippen molar-refractivity contribution in [3.8, 4) is 11.4 Å². The Morgan fingerprint density at radius 3 is 2.59 bits per heavy atom. The van der Waals surface area contributed by atoms with Crippen molar-refractivity contribution in [1.82, 2.24) is 25.1 Å². The van der Waals surface area contributed by atoms with Crippen LogP contribution in [-0.2, 0) is 0 Å². The number of nitrogens with two attached hydrogens (primary N) is 3. The van der Waals surface area contributed by atoms with Crippen LogP contribution in [0.1, 0.15) is 24.8 Å². The van der Waals surface area contributed by atoms with Gasteiger partial charge in [0.05, 0.1) is 23.3 Å². The molecule has 3 aromatic rings. The first-order valence-corrected chi connectivity index (χ1v) is 9.02. The van der Waals surface area contributed by atoms with Crippen LogP contribution < -0.4 is 28.1 Å². The van der Waals surface area contributed by atoms with E-state index >= 15 is 0 Å². The summed E-state index contributed by atoms with van der Waals surface area (Å²) in [5.41, 5.74) is 17.7. The van der Waals surface area contributed by atoms with E-state index in [0.29, 0.717) is 11.5 Å². The molecule has 1 saturated heterocycles. The molecule has 8 N–H and O–H groups in total. The van der Waals surface area contributed by atoms with Crippen LogP contribution in [0.5, 0.6) is 0 Å². The third-order valence-corrected chi connectivity index (χ3v) is 4.39. The normalized spacial score (nSPS) is 14.5. The van der Waals surface area contributed by atoms with Crippen LogP contribution in [0.2, 0.25) is 0 Å². The van der Waals surface area contributed by atoms with E-state index in [1.165, 1.54) is 38.6 Å². The minimum absolute atomic E-state index is 0.472. The van der Waals surface area contributed by atoms with Crippen LogP contribution in [0.4, 0.5) is 5.82 Å². The Bertz CT molecular complexity index is 899. The standard InChI is InChI=1S/C14H15N7.C5H11N/c15-7-11(20-17)9-4-5-21-12(8-18-14(21)6-9)10-2-1-3-13(16)19-10;1-2-4-6-5-3-1/h1-8,20H,15,17H2,(H2,16,19);6H,1-5H2/b11-7-;. The van der Waals surface area contributed by atoms with Gasteiger partial charge in [0.1, 0.15) is 11.5 Å². The zero-order chi connectivity index (χ0) is 19.1. The molecule has 0 aromatic carbocycles. The molecule has 27 heavy (non-hydrogen) atoms. The van der Waals surface area contributed by atoms with Crippen molar-refractivity contribution in [2.45, 2.75) is 19.3 Å². The van der Waals surface area contributed by atoms with Gasteiger partial charge in [-0.05, 0) is 50.2 Å². The van der Waals surface area contributed by atoms with Gasteiger partial charge in [-0.3, -0.25) is 10.2 Å². The van der Waals surface area contributed by atoms with E-state index in [1.807, 2.05) is 34.9 Å². The van der Waals surface area contributed by atoms with Gasteiger partial charge in [0.15, 0.2) is 0 Å². The van der Waals surface area contributed by atoms with Crippen molar-refractivity contribution in [3.05, 3.63) is 54.5 Å². The molecule has 142 valence electrons. The highest BCUT2D eigenvalue weighted by Crippen LogP contribution is 2.21. The molecule has 1 aliphatic heterocycles. The number of nitrogens with zero attached hydrogens (tertiary/aromatic N) is 3. The summed E-state index contributed by atoms with van der Waals surface area (Å²) in [6.07, 6.45) is 9.27. The Kier molecular flexibility index (Phi) is 6.24. The average Bonchev–Trinajstić information content (AvgIpc) is 3.14. The second kappa shape index (κ2) is 9.02. The van der Waals surface area contributed by atoms with Gasteiger partial charge in [-0.15, -0.1) is 0 Å². The number of piperidine rings is 1. The highest BCUT2D eigenvalue weighted by molar-refractivity contribution is 5.69. The topological polar surface area (TPSA) is 132 Å². The lowest BCUT2D eigenvalue weighted by Crippen LogP contribution is -2.21. The van der Waals surface area contributed by atoms with Gasteiger partial charge in [0.25, 0.3) is 0 Å². The number of hydrogen-bond donors (Lipinski definition) is 5. The van der Waals surface area contributed by atoms with Crippen molar-refractivity contribution >= 4 is 17.2 Å². The van der Waals surface area contributed by atoms with E-state index in [-0.39, 0.29) is 0 Å². The zero-order valence-electron chi connectivity index (χ0n) is 15.2. The van der Waals surface area contributed by atoms with E-state index in [2.05, 4.69) is 20.7 Å². The lowest BCUT2D eigenvalue weighted by molar-refractivity contribution is 0.520. The summed E-state index contributed by atoms with van der Waals surface area (Å²) >= 11 is 0. The van der Waals surface area contributed by atoms with E-state index in [4.69, 9.17) is 17.3 Å². The smallest absolute Gasteiger partial charge is 0.137 e. The van der Waals surface area contributed by atoms with Crippen molar-refractivity contribution < 1.29 is 0 Å². The summed E-state index contributed by atoms with van der Waals surface area (Å²) in [6.45, 7) is 2.50. The van der Waals surface area contributed by atoms with E-state index in [0.717, 1.165) is 22.6 Å². The molecule has 0 saturated carbocycles. The summed E-state index contributed by atoms with van der Waals surface area (Å²) < 4.78 is 1.93. The molecule has 8 heteroatoms. The SMILES string of the molecule is C1CCNCC1.N/C=C(\NN)c1ccn2c(-c3cccc(N)n3)cnc2c1. The summed E-state index contributed by atoms with van der Waals surface area (Å²) in [5.74, 6) is 5.89. The summed E-state index contributed by atoms with van der Waals surface area (Å²) in [7, 11) is 0. The van der Waals surface area contributed by atoms with Crippen molar-refractivity contribution in [1.29, 1.82) is 0 Å². The molecule has 0 amide bonds. The third kappa shape index (κ3) is 4.55. The Morgan fingerprint density at radius 1 is 1.19 bits per heavy atom. The number of anilines is 1. The molecule has 4 heterocycles. The maximum absolute atomic E-state index is 5.72. The summed E-state index contributed by atoms with van der Waals surface area (Å²) in [5, 5.41) is 3.28. The Hall–Kier alpha value is -3.10. The number of imidazole rings is 1. The number of hydrogen-bond acceptors (Lipinski definition) is 7. The van der Waals surface area contributed by atoms with Gasteiger partial charge >= 0.3 is 0 Å². The predicted octanol–water partition coefficient (Wildman–Crippen LogP) is 1.46. The average molecular weight is 366 g/mol. The fourth-order valence-corrected chi connectivity index (χ4v) is 2.96. The largest absolute Gasteiger partial charge is 0.403 e. The summed E-state index contributed by atoms with van der Waals surface area (Å²) in [6, 6.07) is 9.27. The molecule has 4 rings (SSSR count). The number of fused-ring (bicyclic) bond motifs is 1. The molecule has 0 unspecified atom stereocenters. The van der Waals surface area contributed by atoms with Gasteiger partial charge in [0.2, 0.25) is 0 Å². The maximum atomic E-state index is 5.72. The number of pyridine rings is 2. The first-order chi connectivity index (χ1) is 13.2. The first kappa shape index (κ1) is 18.7. The molecule has 0 spiro atoms. The van der Waals surface area contributed by atoms with Crippen molar-refractivity contribution in [2.75, 3.05) is 18.8 Å². The van der Waals surface area contributed by atoms with Crippen LogP contribution >= 0.6 is 0 Å². The van der Waals surface area contributed by atoms with E-state index in [9.17, 15) is 0 Å². The highest BCUT2D eigenvalue weighted by Gasteiger charge is 2.09. The molecule has 0 atom stereocenters. The highest BCUT2D eigenvalue weighted by atomic mass is 15.2. The molecule has 1 fully saturated rings. The minimum Gasteiger partial charge on any atom is -0.403 e. The Morgan fingerprint density at radius 2 is 2.00 bits per heavy atom. The van der Waals surface area contributed by atoms with Crippen LogP contribution in [0.3, 0.4) is 0 Å². The van der Waals surface area contributed by atoms with Crippen molar-refractivity contribution in [2.24, 2.45) is 11.6 Å². The fourth-order valence-electron chi connectivity index (χ4n) is 2.96. The maximum Gasteiger partial charge on any atom is 0.137 e. The minimum atomic E-state index is 0.472. The lowest BCUT2D eigenvalue weighted by Gasteiger charge is -2.08. The molecule has 0 bridgehead atoms. The molecule has 0 aliphatic carbocycles. The first-order valence-electron chi connectivity index (χ1n) is 9.02. The molecule has 0 radical (unpaired) electrons. The third-order valence-electron chi connectivity index (χ3n) is 4.39. The fraction of sp³-hybridized carbons (Fsp3) is 0.263. The van der Waals surface area contributed by atoms with Crippen molar-refractivity contribution in [3.63, 3.8) is 0 Å². The van der Waals surface area contributed by atoms with Crippen LogP contribution in [0, 0.1) is 0 Å². The predicted molar refractivity (Wildman–Crippen MR) is 109 cm³/mol. The number of rotatable bonds is 3. The van der Waals surface area contributed by atoms with Gasteiger partial charge in [-0.25, -0.2) is 9.97 Å². The Balaban J connectivity index is 0.000000299. The molecular weight excluding hydrogens is 340 g/mol. The monoisotopic (exact) mass is 366 g/mol. The van der Waals surface area contributed by atoms with Crippen LogP contribution in [0.15, 0.2) is 48.9 Å². The quantitative estimate of drug-likeness (QED) is 0.350. The zero-order valence-corrected chi connectivity index (χ0v) is 15.2. The second-order valence-corrected chi connectivity index (χ2v) is 6.27. The van der Waals surface area contributed by atoms with E-state index < -0.39 is 0 Å². The lowest BCUT2D eigenvalue weighted by atomic mass is 10.2. The molecule has 3 aromatic heterocycles. The number of nitrogens with one attached hydrogen (secondary N) is 2. The van der Waals surface area contributed by atoms with Gasteiger partial charge < -0.3 is 22.2 Å². The molecule has 1 aliphatic rings. The van der Waals surface area contributed by atoms with Gasteiger partial charge in [-0.2, -0.15) is 0 Å². The van der Waals surface area contributed by atoms with Gasteiger partial charge in [0, 0.05) is 18.0 Å². The van der Waals surface area contributed by atoms with Gasteiger partial charge in [-0.1, -0.05) is 12.5 Å². The van der Waals surface area contributed by atoms with Crippen LogP contribution in [-0.4, -0.2) is 27.5 Å². The number of aromatic nitrogens is 3.